The molecule has 2 aromatic carbocycles. The largest absolute Gasteiger partial charge is 0.334 e. The number of halogens is 2. The third kappa shape index (κ3) is 3.03. The molecule has 3 aromatic rings. The average molecular weight is 356 g/mol. The van der Waals surface area contributed by atoms with Crippen molar-refractivity contribution in [3.63, 3.8) is 0 Å². The van der Waals surface area contributed by atoms with E-state index in [0.717, 1.165) is 22.5 Å². The van der Waals surface area contributed by atoms with Gasteiger partial charge in [0.25, 0.3) is 5.91 Å². The Balaban J connectivity index is 1.63. The number of amides is 1. The van der Waals surface area contributed by atoms with Crippen LogP contribution in [-0.4, -0.2) is 27.5 Å². The molecule has 126 valence electrons. The molecule has 0 unspecified atom stereocenters. The number of benzene rings is 2. The predicted octanol–water partition coefficient (Wildman–Crippen LogP) is 4.07. The molecule has 2 heterocycles. The molecule has 1 amide bonds. The Morgan fingerprint density at radius 3 is 2.76 bits per heavy atom. The topological polar surface area (TPSA) is 49.0 Å². The number of aromatic nitrogens is 2. The van der Waals surface area contributed by atoms with Gasteiger partial charge in [0.05, 0.1) is 5.69 Å². The lowest BCUT2D eigenvalue weighted by molar-refractivity contribution is 0.0734. The van der Waals surface area contributed by atoms with Crippen molar-refractivity contribution in [1.82, 2.24) is 15.1 Å². The van der Waals surface area contributed by atoms with Crippen LogP contribution in [0.1, 0.15) is 21.6 Å². The van der Waals surface area contributed by atoms with Gasteiger partial charge in [0.1, 0.15) is 5.82 Å². The van der Waals surface area contributed by atoms with Crippen LogP contribution in [0.2, 0.25) is 5.02 Å². The first-order valence-corrected chi connectivity index (χ1v) is 8.36. The Labute approximate surface area is 149 Å². The molecular formula is C19H15ClFN3O. The van der Waals surface area contributed by atoms with Crippen molar-refractivity contribution in [3.05, 3.63) is 76.2 Å². The van der Waals surface area contributed by atoms with Gasteiger partial charge < -0.3 is 4.90 Å². The van der Waals surface area contributed by atoms with Crippen LogP contribution in [0.4, 0.5) is 4.39 Å². The van der Waals surface area contributed by atoms with E-state index < -0.39 is 0 Å². The Kier molecular flexibility index (Phi) is 4.01. The molecular weight excluding hydrogens is 341 g/mol. The number of H-pyrrole nitrogens is 1. The van der Waals surface area contributed by atoms with Gasteiger partial charge in [0, 0.05) is 46.9 Å². The third-order valence-corrected chi connectivity index (χ3v) is 4.65. The second-order valence-electron chi connectivity index (χ2n) is 6.02. The van der Waals surface area contributed by atoms with E-state index in [1.54, 1.807) is 4.90 Å². The summed E-state index contributed by atoms with van der Waals surface area (Å²) in [6.45, 7) is 1.06. The number of rotatable bonds is 2. The smallest absolute Gasteiger partial charge is 0.254 e. The zero-order valence-electron chi connectivity index (χ0n) is 13.3. The number of nitrogens with zero attached hydrogens (tertiary/aromatic N) is 2. The van der Waals surface area contributed by atoms with E-state index in [-0.39, 0.29) is 11.7 Å². The number of fused-ring (bicyclic) bond motifs is 1. The van der Waals surface area contributed by atoms with E-state index in [2.05, 4.69) is 10.2 Å². The van der Waals surface area contributed by atoms with Crippen LogP contribution in [0, 0.1) is 5.82 Å². The van der Waals surface area contributed by atoms with Gasteiger partial charge in [-0.1, -0.05) is 23.7 Å². The van der Waals surface area contributed by atoms with Crippen LogP contribution in [0.5, 0.6) is 0 Å². The Morgan fingerprint density at radius 1 is 1.20 bits per heavy atom. The molecule has 6 heteroatoms. The maximum absolute atomic E-state index is 13.1. The summed E-state index contributed by atoms with van der Waals surface area (Å²) in [6, 6.07) is 13.1. The molecule has 0 saturated heterocycles. The molecule has 1 aliphatic heterocycles. The van der Waals surface area contributed by atoms with E-state index in [4.69, 9.17) is 11.6 Å². The second-order valence-corrected chi connectivity index (χ2v) is 6.46. The van der Waals surface area contributed by atoms with E-state index in [1.165, 1.54) is 24.3 Å². The summed E-state index contributed by atoms with van der Waals surface area (Å²) in [4.78, 5) is 14.5. The highest BCUT2D eigenvalue weighted by Gasteiger charge is 2.26. The van der Waals surface area contributed by atoms with Crippen molar-refractivity contribution in [2.24, 2.45) is 0 Å². The molecule has 1 N–H and O–H groups in total. The highest BCUT2D eigenvalue weighted by Crippen LogP contribution is 2.30. The molecule has 0 bridgehead atoms. The lowest BCUT2D eigenvalue weighted by Gasteiger charge is -2.27. The van der Waals surface area contributed by atoms with Gasteiger partial charge in [-0.2, -0.15) is 5.10 Å². The third-order valence-electron chi connectivity index (χ3n) is 4.41. The van der Waals surface area contributed by atoms with Crippen molar-refractivity contribution in [2.45, 2.75) is 13.0 Å². The van der Waals surface area contributed by atoms with E-state index in [1.807, 2.05) is 24.3 Å². The summed E-state index contributed by atoms with van der Waals surface area (Å²) in [5.41, 5.74) is 4.26. The lowest BCUT2D eigenvalue weighted by atomic mass is 10.0. The molecule has 4 nitrogen and oxygen atoms in total. The summed E-state index contributed by atoms with van der Waals surface area (Å²) in [5.74, 6) is -0.459. The van der Waals surface area contributed by atoms with Gasteiger partial charge in [-0.15, -0.1) is 0 Å². The standard InChI is InChI=1S/C19H15ClFN3O/c20-14-3-1-2-13(10-14)18-16-11-24(9-8-17(16)22-23-18)19(25)12-4-6-15(21)7-5-12/h1-7,10H,8-9,11H2,(H,22,23). The van der Waals surface area contributed by atoms with Crippen molar-refractivity contribution in [2.75, 3.05) is 6.54 Å². The first-order valence-electron chi connectivity index (χ1n) is 7.99. The second kappa shape index (κ2) is 6.33. The van der Waals surface area contributed by atoms with Gasteiger partial charge in [0.2, 0.25) is 0 Å². The number of carbonyl (C=O) groups is 1. The molecule has 25 heavy (non-hydrogen) atoms. The zero-order valence-corrected chi connectivity index (χ0v) is 14.1. The lowest BCUT2D eigenvalue weighted by Crippen LogP contribution is -2.35. The van der Waals surface area contributed by atoms with Crippen LogP contribution < -0.4 is 0 Å². The summed E-state index contributed by atoms with van der Waals surface area (Å²) >= 11 is 6.08. The van der Waals surface area contributed by atoms with Crippen LogP contribution in [-0.2, 0) is 13.0 Å². The van der Waals surface area contributed by atoms with E-state index in [0.29, 0.717) is 30.1 Å². The van der Waals surface area contributed by atoms with E-state index in [9.17, 15) is 9.18 Å². The maximum atomic E-state index is 13.1. The summed E-state index contributed by atoms with van der Waals surface area (Å²) < 4.78 is 13.1. The molecule has 0 saturated carbocycles. The number of aromatic amines is 1. The fourth-order valence-corrected chi connectivity index (χ4v) is 3.31. The summed E-state index contributed by atoms with van der Waals surface area (Å²) in [6.07, 6.45) is 0.704. The minimum absolute atomic E-state index is 0.108. The van der Waals surface area contributed by atoms with Crippen LogP contribution in [0.15, 0.2) is 48.5 Å². The Morgan fingerprint density at radius 2 is 2.00 bits per heavy atom. The monoisotopic (exact) mass is 355 g/mol. The van der Waals surface area contributed by atoms with Gasteiger partial charge in [-0.05, 0) is 36.4 Å². The van der Waals surface area contributed by atoms with Crippen molar-refractivity contribution in [3.8, 4) is 11.3 Å². The van der Waals surface area contributed by atoms with Crippen LogP contribution >= 0.6 is 11.6 Å². The minimum Gasteiger partial charge on any atom is -0.334 e. The fraction of sp³-hybridized carbons (Fsp3) is 0.158. The average Bonchev–Trinajstić information content (AvgIpc) is 3.05. The molecule has 4 rings (SSSR count). The fourth-order valence-electron chi connectivity index (χ4n) is 3.12. The number of hydrogen-bond acceptors (Lipinski definition) is 2. The molecule has 1 aromatic heterocycles. The summed E-state index contributed by atoms with van der Waals surface area (Å²) in [7, 11) is 0. The number of carbonyl (C=O) groups excluding carboxylic acids is 1. The molecule has 0 radical (unpaired) electrons. The number of hydrogen-bond donors (Lipinski definition) is 1. The normalized spacial score (nSPS) is 13.6. The van der Waals surface area contributed by atoms with Crippen LogP contribution in [0.3, 0.4) is 0 Å². The van der Waals surface area contributed by atoms with Gasteiger partial charge in [0.15, 0.2) is 0 Å². The van der Waals surface area contributed by atoms with Crippen molar-refractivity contribution in [1.29, 1.82) is 0 Å². The van der Waals surface area contributed by atoms with Gasteiger partial charge >= 0.3 is 0 Å². The van der Waals surface area contributed by atoms with Crippen molar-refractivity contribution < 1.29 is 9.18 Å². The van der Waals surface area contributed by atoms with Gasteiger partial charge in [-0.25, -0.2) is 4.39 Å². The molecule has 0 fully saturated rings. The zero-order chi connectivity index (χ0) is 17.4. The quantitative estimate of drug-likeness (QED) is 0.753. The Hall–Kier alpha value is -2.66. The van der Waals surface area contributed by atoms with E-state index >= 15 is 0 Å². The molecule has 0 spiro atoms. The maximum Gasteiger partial charge on any atom is 0.254 e. The van der Waals surface area contributed by atoms with Crippen molar-refractivity contribution >= 4 is 17.5 Å². The minimum atomic E-state index is -0.351. The number of nitrogens with one attached hydrogen (secondary N) is 1. The summed E-state index contributed by atoms with van der Waals surface area (Å²) in [5, 5.41) is 8.13. The van der Waals surface area contributed by atoms with Crippen LogP contribution in [0.25, 0.3) is 11.3 Å². The SMILES string of the molecule is O=C(c1ccc(F)cc1)N1CCc2[nH]nc(-c3cccc(Cl)c3)c2C1. The highest BCUT2D eigenvalue weighted by atomic mass is 35.5. The first kappa shape index (κ1) is 15.8. The first-order chi connectivity index (χ1) is 12.1. The molecule has 1 aliphatic rings. The highest BCUT2D eigenvalue weighted by molar-refractivity contribution is 6.30. The Bertz CT molecular complexity index is 936. The molecule has 0 atom stereocenters. The molecule has 0 aliphatic carbocycles. The predicted molar refractivity (Wildman–Crippen MR) is 93.9 cm³/mol. The van der Waals surface area contributed by atoms with Gasteiger partial charge in [-0.3, -0.25) is 9.89 Å².